The smallest absolute Gasteiger partial charge is 0.254 e. The maximum absolute atomic E-state index is 12.7. The number of benzene rings is 2. The van der Waals surface area contributed by atoms with E-state index in [0.29, 0.717) is 25.9 Å². The summed E-state index contributed by atoms with van der Waals surface area (Å²) in [5.41, 5.74) is 2.05. The monoisotopic (exact) mass is 415 g/mol. The molecule has 162 valence electrons. The molecule has 7 nitrogen and oxygen atoms in total. The fraction of sp³-hybridized carbons (Fsp3) is 0.435. The third kappa shape index (κ3) is 4.40. The van der Waals surface area contributed by atoms with Gasteiger partial charge in [0, 0.05) is 18.5 Å². The van der Waals surface area contributed by atoms with E-state index in [-0.39, 0.29) is 5.41 Å². The van der Waals surface area contributed by atoms with Gasteiger partial charge in [0.05, 0.1) is 6.61 Å². The maximum atomic E-state index is 12.7. The van der Waals surface area contributed by atoms with Crippen LogP contribution in [0.5, 0.6) is 0 Å². The van der Waals surface area contributed by atoms with E-state index < -0.39 is 36.9 Å². The van der Waals surface area contributed by atoms with Crippen molar-refractivity contribution in [3.8, 4) is 0 Å². The Kier molecular flexibility index (Phi) is 7.23. The van der Waals surface area contributed by atoms with Crippen LogP contribution in [0.1, 0.15) is 24.0 Å². The average Bonchev–Trinajstić information content (AvgIpc) is 2.82. The van der Waals surface area contributed by atoms with Crippen molar-refractivity contribution in [3.05, 3.63) is 71.8 Å². The zero-order valence-electron chi connectivity index (χ0n) is 16.7. The summed E-state index contributed by atoms with van der Waals surface area (Å²) < 4.78 is 0. The molecule has 0 spiro atoms. The number of aliphatic hydroxyl groups excluding tert-OH is 5. The van der Waals surface area contributed by atoms with Crippen LogP contribution in [-0.4, -0.2) is 80.5 Å². The van der Waals surface area contributed by atoms with E-state index >= 15 is 0 Å². The molecule has 1 fully saturated rings. The molecule has 1 amide bonds. The lowest BCUT2D eigenvalue weighted by Gasteiger charge is -2.43. The highest BCUT2D eigenvalue weighted by Crippen LogP contribution is 2.41. The fourth-order valence-corrected chi connectivity index (χ4v) is 4.22. The SMILES string of the molecule is O=C([C@H](O)[C@H](O)[C@H](O)[C@H](O)CO)N1CCC(c2ccccc2)(c2ccccc2)CC1. The van der Waals surface area contributed by atoms with Crippen molar-refractivity contribution in [2.24, 2.45) is 0 Å². The molecule has 0 radical (unpaired) electrons. The number of carbonyl (C=O) groups is 1. The van der Waals surface area contributed by atoms with Gasteiger partial charge in [-0.15, -0.1) is 0 Å². The minimum absolute atomic E-state index is 0.268. The van der Waals surface area contributed by atoms with Crippen LogP contribution in [0.15, 0.2) is 60.7 Å². The second-order valence-corrected chi connectivity index (χ2v) is 7.82. The highest BCUT2D eigenvalue weighted by Gasteiger charge is 2.42. The molecule has 7 heteroatoms. The van der Waals surface area contributed by atoms with Crippen LogP contribution in [0.2, 0.25) is 0 Å². The molecule has 4 atom stereocenters. The first-order chi connectivity index (χ1) is 14.4. The molecule has 1 aliphatic rings. The first kappa shape index (κ1) is 22.4. The van der Waals surface area contributed by atoms with E-state index in [1.807, 2.05) is 36.4 Å². The van der Waals surface area contributed by atoms with Gasteiger partial charge in [-0.1, -0.05) is 60.7 Å². The van der Waals surface area contributed by atoms with Crippen molar-refractivity contribution >= 4 is 5.91 Å². The number of hydrogen-bond acceptors (Lipinski definition) is 6. The van der Waals surface area contributed by atoms with Crippen molar-refractivity contribution < 1.29 is 30.3 Å². The second-order valence-electron chi connectivity index (χ2n) is 7.82. The topological polar surface area (TPSA) is 121 Å². The molecule has 0 aromatic heterocycles. The summed E-state index contributed by atoms with van der Waals surface area (Å²) in [4.78, 5) is 14.2. The zero-order valence-corrected chi connectivity index (χ0v) is 16.7. The number of amides is 1. The van der Waals surface area contributed by atoms with Gasteiger partial charge in [0.1, 0.15) is 18.3 Å². The summed E-state index contributed by atoms with van der Waals surface area (Å²) in [5.74, 6) is -0.707. The quantitative estimate of drug-likeness (QED) is 0.435. The number of carbonyl (C=O) groups excluding carboxylic acids is 1. The van der Waals surface area contributed by atoms with Crippen LogP contribution in [-0.2, 0) is 10.2 Å². The van der Waals surface area contributed by atoms with Crippen molar-refractivity contribution in [2.75, 3.05) is 19.7 Å². The molecule has 1 aliphatic heterocycles. The standard InChI is InChI=1S/C23H29NO6/c25-15-18(26)19(27)20(28)21(29)22(30)24-13-11-23(12-14-24,16-7-3-1-4-8-16)17-9-5-2-6-10-17/h1-10,18-21,25-29H,11-15H2/t18-,19-,20-,21-/m1/s1. The number of piperidine rings is 1. The zero-order chi connectivity index (χ0) is 21.7. The predicted octanol–water partition coefficient (Wildman–Crippen LogP) is 0.0310. The highest BCUT2D eigenvalue weighted by atomic mass is 16.4. The summed E-state index contributed by atoms with van der Waals surface area (Å²) in [5, 5.41) is 48.4. The van der Waals surface area contributed by atoms with Crippen molar-refractivity contribution in [3.63, 3.8) is 0 Å². The number of nitrogens with zero attached hydrogens (tertiary/aromatic N) is 1. The van der Waals surface area contributed by atoms with Crippen molar-refractivity contribution in [1.29, 1.82) is 0 Å². The number of rotatable bonds is 7. The van der Waals surface area contributed by atoms with Crippen LogP contribution >= 0.6 is 0 Å². The van der Waals surface area contributed by atoms with Gasteiger partial charge >= 0.3 is 0 Å². The lowest BCUT2D eigenvalue weighted by molar-refractivity contribution is -0.159. The summed E-state index contributed by atoms with van der Waals surface area (Å²) in [6.45, 7) is -0.0599. The van der Waals surface area contributed by atoms with Crippen LogP contribution in [0.25, 0.3) is 0 Å². The molecule has 0 saturated carbocycles. The van der Waals surface area contributed by atoms with E-state index in [4.69, 9.17) is 5.11 Å². The van der Waals surface area contributed by atoms with Gasteiger partial charge in [0.2, 0.25) is 0 Å². The van der Waals surface area contributed by atoms with Crippen molar-refractivity contribution in [1.82, 2.24) is 4.90 Å². The van der Waals surface area contributed by atoms with E-state index in [2.05, 4.69) is 24.3 Å². The number of likely N-dealkylation sites (tertiary alicyclic amines) is 1. The molecule has 2 aromatic rings. The Bertz CT molecular complexity index is 765. The molecular formula is C23H29NO6. The van der Waals surface area contributed by atoms with Crippen LogP contribution in [0, 0.1) is 0 Å². The minimum atomic E-state index is -1.89. The molecule has 0 unspecified atom stereocenters. The van der Waals surface area contributed by atoms with E-state index in [1.165, 1.54) is 4.90 Å². The Morgan fingerprint density at radius 1 is 0.833 bits per heavy atom. The molecule has 0 aliphatic carbocycles. The van der Waals surface area contributed by atoms with Crippen LogP contribution in [0.4, 0.5) is 0 Å². The maximum Gasteiger partial charge on any atom is 0.254 e. The van der Waals surface area contributed by atoms with E-state index in [1.54, 1.807) is 0 Å². The molecule has 3 rings (SSSR count). The second kappa shape index (κ2) is 9.68. The van der Waals surface area contributed by atoms with E-state index in [0.717, 1.165) is 11.1 Å². The first-order valence-corrected chi connectivity index (χ1v) is 10.1. The lowest BCUT2D eigenvalue weighted by atomic mass is 9.68. The summed E-state index contributed by atoms with van der Waals surface area (Å²) >= 11 is 0. The number of hydrogen-bond donors (Lipinski definition) is 5. The predicted molar refractivity (Wildman–Crippen MR) is 111 cm³/mol. The van der Waals surface area contributed by atoms with E-state index in [9.17, 15) is 25.2 Å². The third-order valence-corrected chi connectivity index (χ3v) is 6.09. The normalized spacial score (nSPS) is 20.2. The van der Waals surface area contributed by atoms with Gasteiger partial charge in [0.25, 0.3) is 5.91 Å². The summed E-state index contributed by atoms with van der Waals surface area (Å²) in [7, 11) is 0. The number of aliphatic hydroxyl groups is 5. The molecule has 1 heterocycles. The molecule has 1 saturated heterocycles. The molecule has 30 heavy (non-hydrogen) atoms. The average molecular weight is 415 g/mol. The Morgan fingerprint density at radius 3 is 1.73 bits per heavy atom. The van der Waals surface area contributed by atoms with Gasteiger partial charge in [-0.3, -0.25) is 4.79 Å². The Hall–Kier alpha value is -2.29. The molecule has 0 bridgehead atoms. The van der Waals surface area contributed by atoms with Gasteiger partial charge in [-0.2, -0.15) is 0 Å². The third-order valence-electron chi connectivity index (χ3n) is 6.09. The largest absolute Gasteiger partial charge is 0.394 e. The Morgan fingerprint density at radius 2 is 1.30 bits per heavy atom. The minimum Gasteiger partial charge on any atom is -0.394 e. The van der Waals surface area contributed by atoms with Gasteiger partial charge in [-0.05, 0) is 24.0 Å². The van der Waals surface area contributed by atoms with Crippen LogP contribution in [0.3, 0.4) is 0 Å². The molecule has 2 aromatic carbocycles. The molecule has 5 N–H and O–H groups in total. The van der Waals surface area contributed by atoms with Crippen LogP contribution < -0.4 is 0 Å². The van der Waals surface area contributed by atoms with Gasteiger partial charge in [0.15, 0.2) is 6.10 Å². The fourth-order valence-electron chi connectivity index (χ4n) is 4.22. The summed E-state index contributed by atoms with van der Waals surface area (Å²) in [6.07, 6.45) is -5.98. The highest BCUT2D eigenvalue weighted by molar-refractivity contribution is 5.81. The van der Waals surface area contributed by atoms with Crippen molar-refractivity contribution in [2.45, 2.75) is 42.7 Å². The lowest BCUT2D eigenvalue weighted by Crippen LogP contribution is -2.55. The summed E-state index contributed by atoms with van der Waals surface area (Å²) in [6, 6.07) is 20.2. The first-order valence-electron chi connectivity index (χ1n) is 10.1. The molecular weight excluding hydrogens is 386 g/mol. The Balaban J connectivity index is 1.76. The Labute approximate surface area is 175 Å². The van der Waals surface area contributed by atoms with Gasteiger partial charge < -0.3 is 30.4 Å². The van der Waals surface area contributed by atoms with Gasteiger partial charge in [-0.25, -0.2) is 0 Å².